The quantitative estimate of drug-likeness (QED) is 0.0616. The number of fused-ring (bicyclic) bond motifs is 4. The molecule has 0 saturated heterocycles. The molecule has 5 aromatic rings. The lowest BCUT2D eigenvalue weighted by Crippen LogP contribution is -2.35. The molecule has 1 fully saturated rings. The molecule has 346 valence electrons. The maximum absolute atomic E-state index is 15.5. The van der Waals surface area contributed by atoms with Gasteiger partial charge in [0.2, 0.25) is 5.91 Å². The fourth-order valence-electron chi connectivity index (χ4n) is 7.59. The van der Waals surface area contributed by atoms with Crippen molar-refractivity contribution in [2.45, 2.75) is 74.8 Å². The molecule has 0 bridgehead atoms. The molecule has 0 radical (unpaired) electrons. The van der Waals surface area contributed by atoms with Gasteiger partial charge in [-0.1, -0.05) is 23.6 Å². The summed E-state index contributed by atoms with van der Waals surface area (Å²) in [5, 5.41) is 9.02. The fourth-order valence-corrected chi connectivity index (χ4v) is 8.50. The molecule has 3 heterocycles. The van der Waals surface area contributed by atoms with E-state index in [4.69, 9.17) is 11.6 Å². The van der Waals surface area contributed by atoms with Gasteiger partial charge in [-0.3, -0.25) is 9.48 Å². The molecule has 2 aliphatic carbocycles. The summed E-state index contributed by atoms with van der Waals surface area (Å²) in [5.41, 5.74) is -5.25. The van der Waals surface area contributed by atoms with Gasteiger partial charge < -0.3 is 5.32 Å². The minimum absolute atomic E-state index is 0.201. The van der Waals surface area contributed by atoms with E-state index >= 15 is 8.78 Å². The van der Waals surface area contributed by atoms with Crippen molar-refractivity contribution in [1.82, 2.24) is 29.9 Å². The normalized spacial score (nSPS) is 17.6. The van der Waals surface area contributed by atoms with Crippen molar-refractivity contribution in [2.24, 2.45) is 5.92 Å². The summed E-state index contributed by atoms with van der Waals surface area (Å²) in [6.07, 6.45) is -9.50. The smallest absolute Gasteiger partial charge is 0.346 e. The summed E-state index contributed by atoms with van der Waals surface area (Å²) >= 11 is 6.51. The first-order valence-electron chi connectivity index (χ1n) is 18.9. The van der Waals surface area contributed by atoms with Crippen LogP contribution in [0.15, 0.2) is 42.5 Å². The number of aromatic nitrogens is 5. The average Bonchev–Trinajstić information content (AvgIpc) is 3.66. The molecular weight excluding hydrogens is 948 g/mol. The second-order valence-electron chi connectivity index (χ2n) is 16.1. The molecule has 3 aromatic heterocycles. The topological polar surface area (TPSA) is 149 Å². The number of sulfone groups is 1. The van der Waals surface area contributed by atoms with E-state index in [0.29, 0.717) is 21.0 Å². The summed E-state index contributed by atoms with van der Waals surface area (Å²) < 4.78 is 195. The number of nitrogens with zero attached hydrogens (tertiary/aromatic N) is 6. The Morgan fingerprint density at radius 1 is 0.985 bits per heavy atom. The highest BCUT2D eigenvalue weighted by molar-refractivity contribution is 7.92. The summed E-state index contributed by atoms with van der Waals surface area (Å²) in [7, 11) is -8.17. The summed E-state index contributed by atoms with van der Waals surface area (Å²) in [5.74, 6) is -5.48. The van der Waals surface area contributed by atoms with Crippen LogP contribution in [0, 0.1) is 29.4 Å². The molecule has 1 amide bonds. The maximum Gasteiger partial charge on any atom is 0.435 e. The number of amides is 1. The molecule has 1 N–H and O–H groups in total. The maximum atomic E-state index is 15.5. The number of nitrogens with one attached hydrogen (secondary N) is 1. The van der Waals surface area contributed by atoms with Crippen molar-refractivity contribution >= 4 is 60.8 Å². The Morgan fingerprint density at radius 3 is 2.20 bits per heavy atom. The van der Waals surface area contributed by atoms with Crippen LogP contribution < -0.4 is 5.32 Å². The van der Waals surface area contributed by atoms with Gasteiger partial charge in [0.1, 0.15) is 45.2 Å². The summed E-state index contributed by atoms with van der Waals surface area (Å²) in [6.45, 7) is 2.83. The Bertz CT molecular complexity index is 3120. The fraction of sp³-hybridized carbons (Fsp3) is 0.375. The average molecular weight is 981 g/mol. The number of carbonyl (C=O) groups is 1. The lowest BCUT2D eigenvalue weighted by Gasteiger charge is -2.23. The molecule has 0 spiro atoms. The van der Waals surface area contributed by atoms with E-state index in [1.165, 1.54) is 32.0 Å². The van der Waals surface area contributed by atoms with Crippen molar-refractivity contribution in [3.63, 3.8) is 0 Å². The predicted molar refractivity (Wildman–Crippen MR) is 215 cm³/mol. The summed E-state index contributed by atoms with van der Waals surface area (Å²) in [6, 6.07) is 5.20. The van der Waals surface area contributed by atoms with Gasteiger partial charge in [-0.05, 0) is 74.4 Å². The third-order valence-electron chi connectivity index (χ3n) is 10.9. The van der Waals surface area contributed by atoms with Crippen LogP contribution in [0.5, 0.6) is 0 Å². The monoisotopic (exact) mass is 980 g/mol. The minimum Gasteiger partial charge on any atom is -0.346 e. The van der Waals surface area contributed by atoms with E-state index in [9.17, 15) is 56.8 Å². The van der Waals surface area contributed by atoms with Gasteiger partial charge in [0.25, 0.3) is 5.92 Å². The highest BCUT2D eigenvalue weighted by Gasteiger charge is 2.68. The van der Waals surface area contributed by atoms with Gasteiger partial charge >= 0.3 is 28.2 Å². The van der Waals surface area contributed by atoms with E-state index < -0.39 is 126 Å². The molecule has 1 saturated carbocycles. The van der Waals surface area contributed by atoms with Gasteiger partial charge in [0.15, 0.2) is 22.1 Å². The van der Waals surface area contributed by atoms with Crippen molar-refractivity contribution in [1.29, 1.82) is 0 Å². The van der Waals surface area contributed by atoms with Crippen LogP contribution in [0.3, 0.4) is 0 Å². The predicted octanol–water partition coefficient (Wildman–Crippen LogP) is 7.60. The number of alkyl halides is 8. The number of carbonyl (C=O) groups excluding carboxylic acids is 1. The Balaban J connectivity index is 1.47. The number of benzene rings is 2. The Kier molecular flexibility index (Phi) is 11.5. The van der Waals surface area contributed by atoms with Crippen LogP contribution in [0.2, 0.25) is 5.02 Å². The lowest BCUT2D eigenvalue weighted by molar-refractivity contribution is -0.252. The molecule has 7 rings (SSSR count). The molecule has 2 aliphatic rings. The SMILES string of the molecule is C=[N+](c1nn(CC(F)(F)F)c2c(-c3ccc(C#CC(C)(C)S(C)(=O)=O)nc3[C@H](Cc3cc(F)cc(F)c3)NC(=O)Cn3nc(C(F)(F)F)c4c3C(F)(F)[C@@H]3CC43)ccc(Cl)c12)S(C)(=O)=O. The van der Waals surface area contributed by atoms with Crippen LogP contribution >= 0.6 is 11.6 Å². The zero-order chi connectivity index (χ0) is 48.1. The van der Waals surface area contributed by atoms with Crippen LogP contribution in [-0.2, 0) is 56.3 Å². The first-order chi connectivity index (χ1) is 29.8. The largest absolute Gasteiger partial charge is 0.435 e. The second-order valence-corrected chi connectivity index (χ2v) is 21.0. The van der Waals surface area contributed by atoms with E-state index in [1.807, 2.05) is 0 Å². The van der Waals surface area contributed by atoms with Gasteiger partial charge in [-0.15, -0.1) is 3.98 Å². The van der Waals surface area contributed by atoms with E-state index in [2.05, 4.69) is 39.1 Å². The number of pyridine rings is 1. The van der Waals surface area contributed by atoms with E-state index in [-0.39, 0.29) is 49.6 Å². The van der Waals surface area contributed by atoms with Crippen molar-refractivity contribution in [3.8, 4) is 23.0 Å². The van der Waals surface area contributed by atoms with E-state index in [1.54, 1.807) is 0 Å². The number of hydrogen-bond acceptors (Lipinski definition) is 8. The third kappa shape index (κ3) is 9.18. The molecule has 12 nitrogen and oxygen atoms in total. The Hall–Kier alpha value is -5.54. The zero-order valence-corrected chi connectivity index (χ0v) is 36.4. The summed E-state index contributed by atoms with van der Waals surface area (Å²) in [4.78, 5) is 18.5. The number of hydrogen-bond donors (Lipinski definition) is 1. The van der Waals surface area contributed by atoms with Crippen molar-refractivity contribution < 1.29 is 69.5 Å². The van der Waals surface area contributed by atoms with Crippen molar-refractivity contribution in [2.75, 3.05) is 12.5 Å². The van der Waals surface area contributed by atoms with E-state index in [0.717, 1.165) is 24.5 Å². The van der Waals surface area contributed by atoms with Crippen LogP contribution in [-0.4, -0.2) is 81.4 Å². The Morgan fingerprint density at radius 2 is 1.62 bits per heavy atom. The highest BCUT2D eigenvalue weighted by Crippen LogP contribution is 2.68. The molecule has 0 aliphatic heterocycles. The first-order valence-corrected chi connectivity index (χ1v) is 23.0. The Labute approximate surface area is 368 Å². The zero-order valence-electron chi connectivity index (χ0n) is 34.0. The molecule has 1 unspecified atom stereocenters. The molecule has 3 atom stereocenters. The molecule has 25 heteroatoms. The standard InChI is InChI=1S/C40H32ClF10N7O5S2/c1-37(2,64(4,60)61)11-10-22-6-7-23(24-8-9-27(41)31-33(24)58(18-38(44,45)46)55-36(31)56(3)65(5,62)63)32(52-22)28(14-19-12-20(42)15-21(43)13-19)53-29(59)17-57-35-30(34(54-57)40(49,50)51)25-16-26(25)39(35,47)48/h6-9,12-13,15,25-26,28H,3,14,16-18H2,1-2,4-5H3/p+1/t25?,26-,28+/m1/s1. The number of halogens is 11. The number of sulfonamides is 1. The van der Waals surface area contributed by atoms with Gasteiger partial charge in [0, 0.05) is 34.9 Å². The van der Waals surface area contributed by atoms with Crippen LogP contribution in [0.1, 0.15) is 66.1 Å². The highest BCUT2D eigenvalue weighted by atomic mass is 35.5. The molecule has 65 heavy (non-hydrogen) atoms. The van der Waals surface area contributed by atoms with Crippen molar-refractivity contribution in [3.05, 3.63) is 93.0 Å². The van der Waals surface area contributed by atoms with Crippen LogP contribution in [0.25, 0.3) is 22.0 Å². The molecular formula is C40H33ClF10N7O5S2+. The second kappa shape index (κ2) is 15.8. The van der Waals surface area contributed by atoms with Gasteiger partial charge in [-0.25, -0.2) is 22.2 Å². The number of rotatable bonds is 11. The van der Waals surface area contributed by atoms with Crippen LogP contribution in [0.4, 0.5) is 49.7 Å². The molecule has 2 aromatic carbocycles. The van der Waals surface area contributed by atoms with Gasteiger partial charge in [-0.2, -0.15) is 53.3 Å². The lowest BCUT2D eigenvalue weighted by atomic mass is 9.93. The first kappa shape index (κ1) is 47.4. The third-order valence-corrected chi connectivity index (χ3v) is 14.2. The minimum atomic E-state index is -5.19. The van der Waals surface area contributed by atoms with Gasteiger partial charge in [0.05, 0.1) is 34.8 Å².